The van der Waals surface area contributed by atoms with Gasteiger partial charge in [-0.25, -0.2) is 0 Å². The summed E-state index contributed by atoms with van der Waals surface area (Å²) in [6.45, 7) is 2.02. The summed E-state index contributed by atoms with van der Waals surface area (Å²) in [4.78, 5) is 0. The van der Waals surface area contributed by atoms with Crippen molar-refractivity contribution in [2.45, 2.75) is 38.2 Å². The monoisotopic (exact) mass is 174 g/mol. The van der Waals surface area contributed by atoms with E-state index in [4.69, 9.17) is 4.74 Å². The van der Waals surface area contributed by atoms with Crippen LogP contribution >= 0.6 is 0 Å². The standard InChI is InChI=1S/C9H20NO2/c1-7-5-8(10(2,3)4)6-9(11)12-7/h7-9,11H,5-6H2,1-4H3/q+1. The molecule has 0 radical (unpaired) electrons. The lowest BCUT2D eigenvalue weighted by Crippen LogP contribution is -2.51. The van der Waals surface area contributed by atoms with E-state index in [0.29, 0.717) is 6.04 Å². The molecule has 3 heteroatoms. The quantitative estimate of drug-likeness (QED) is 0.589. The summed E-state index contributed by atoms with van der Waals surface area (Å²) in [5.74, 6) is 0. The second-order valence-corrected chi connectivity index (χ2v) is 4.64. The lowest BCUT2D eigenvalue weighted by atomic mass is 10.0. The van der Waals surface area contributed by atoms with Gasteiger partial charge < -0.3 is 14.3 Å². The summed E-state index contributed by atoms with van der Waals surface area (Å²) in [7, 11) is 6.49. The van der Waals surface area contributed by atoms with E-state index in [9.17, 15) is 5.11 Å². The molecule has 1 saturated heterocycles. The first kappa shape index (κ1) is 9.96. The fourth-order valence-corrected chi connectivity index (χ4v) is 1.72. The predicted octanol–water partition coefficient (Wildman–Crippen LogP) is 0.578. The minimum absolute atomic E-state index is 0.191. The molecule has 1 N–H and O–H groups in total. The molecule has 1 heterocycles. The molecule has 0 amide bonds. The van der Waals surface area contributed by atoms with Crippen molar-refractivity contribution < 1.29 is 14.3 Å². The van der Waals surface area contributed by atoms with Crippen molar-refractivity contribution in [1.82, 2.24) is 0 Å². The van der Waals surface area contributed by atoms with Gasteiger partial charge >= 0.3 is 0 Å². The number of aliphatic hydroxyl groups excluding tert-OH is 1. The fourth-order valence-electron chi connectivity index (χ4n) is 1.72. The first-order valence-electron chi connectivity index (χ1n) is 4.54. The van der Waals surface area contributed by atoms with E-state index in [2.05, 4.69) is 21.1 Å². The van der Waals surface area contributed by atoms with E-state index >= 15 is 0 Å². The van der Waals surface area contributed by atoms with Gasteiger partial charge in [-0.3, -0.25) is 0 Å². The molecule has 0 aromatic rings. The molecule has 12 heavy (non-hydrogen) atoms. The molecule has 1 aliphatic rings. The number of nitrogens with zero attached hydrogens (tertiary/aromatic N) is 1. The van der Waals surface area contributed by atoms with Crippen LogP contribution in [0.25, 0.3) is 0 Å². The van der Waals surface area contributed by atoms with Crippen LogP contribution in [0, 0.1) is 0 Å². The number of quaternary nitrogens is 1. The zero-order chi connectivity index (χ0) is 9.35. The van der Waals surface area contributed by atoms with Gasteiger partial charge in [0, 0.05) is 6.42 Å². The summed E-state index contributed by atoms with van der Waals surface area (Å²) in [5.41, 5.74) is 0. The molecular formula is C9H20NO2+. The highest BCUT2D eigenvalue weighted by Crippen LogP contribution is 2.23. The van der Waals surface area contributed by atoms with E-state index in [1.54, 1.807) is 0 Å². The summed E-state index contributed by atoms with van der Waals surface area (Å²) in [6, 6.07) is 0.517. The molecule has 0 bridgehead atoms. The van der Waals surface area contributed by atoms with Crippen LogP contribution in [-0.2, 0) is 4.74 Å². The van der Waals surface area contributed by atoms with Gasteiger partial charge in [0.15, 0.2) is 6.29 Å². The van der Waals surface area contributed by atoms with Crippen LogP contribution in [0.3, 0.4) is 0 Å². The number of aliphatic hydroxyl groups is 1. The Morgan fingerprint density at radius 2 is 1.83 bits per heavy atom. The van der Waals surface area contributed by atoms with Gasteiger partial charge in [0.25, 0.3) is 0 Å². The first-order valence-corrected chi connectivity index (χ1v) is 4.54. The molecule has 3 atom stereocenters. The lowest BCUT2D eigenvalue weighted by Gasteiger charge is -2.40. The van der Waals surface area contributed by atoms with Gasteiger partial charge in [0.1, 0.15) is 0 Å². The van der Waals surface area contributed by atoms with Crippen molar-refractivity contribution in [2.75, 3.05) is 21.1 Å². The van der Waals surface area contributed by atoms with Crippen LogP contribution in [0.1, 0.15) is 19.8 Å². The highest BCUT2D eigenvalue weighted by molar-refractivity contribution is 4.70. The number of rotatable bonds is 1. The largest absolute Gasteiger partial charge is 0.368 e. The second-order valence-electron chi connectivity index (χ2n) is 4.64. The van der Waals surface area contributed by atoms with Crippen molar-refractivity contribution >= 4 is 0 Å². The van der Waals surface area contributed by atoms with Gasteiger partial charge in [0.05, 0.1) is 39.7 Å². The predicted molar refractivity (Wildman–Crippen MR) is 47.6 cm³/mol. The average Bonchev–Trinajstić information content (AvgIpc) is 1.82. The van der Waals surface area contributed by atoms with Crippen molar-refractivity contribution in [1.29, 1.82) is 0 Å². The van der Waals surface area contributed by atoms with Crippen molar-refractivity contribution in [2.24, 2.45) is 0 Å². The maximum absolute atomic E-state index is 9.38. The molecule has 0 aromatic heterocycles. The van der Waals surface area contributed by atoms with Crippen LogP contribution in [0.4, 0.5) is 0 Å². The van der Waals surface area contributed by atoms with Crippen LogP contribution < -0.4 is 0 Å². The van der Waals surface area contributed by atoms with Crippen LogP contribution in [-0.4, -0.2) is 49.2 Å². The van der Waals surface area contributed by atoms with Crippen LogP contribution in [0.5, 0.6) is 0 Å². The van der Waals surface area contributed by atoms with Gasteiger partial charge in [-0.05, 0) is 6.92 Å². The third-order valence-electron chi connectivity index (χ3n) is 2.56. The molecule has 1 rings (SSSR count). The van der Waals surface area contributed by atoms with Crippen molar-refractivity contribution in [3.63, 3.8) is 0 Å². The van der Waals surface area contributed by atoms with E-state index in [1.165, 1.54) is 0 Å². The second kappa shape index (κ2) is 3.32. The maximum Gasteiger partial charge on any atom is 0.160 e. The number of hydrogen-bond acceptors (Lipinski definition) is 2. The minimum atomic E-state index is -0.559. The number of hydrogen-bond donors (Lipinski definition) is 1. The molecule has 3 nitrogen and oxygen atoms in total. The molecule has 1 aliphatic heterocycles. The molecule has 1 fully saturated rings. The number of ether oxygens (including phenoxy) is 1. The zero-order valence-electron chi connectivity index (χ0n) is 8.45. The SMILES string of the molecule is CC1CC([N+](C)(C)C)CC(O)O1. The first-order chi connectivity index (χ1) is 5.39. The third kappa shape index (κ3) is 2.44. The topological polar surface area (TPSA) is 29.5 Å². The molecule has 0 saturated carbocycles. The van der Waals surface area contributed by atoms with Gasteiger partial charge in [-0.2, -0.15) is 0 Å². The summed E-state index contributed by atoms with van der Waals surface area (Å²) in [5, 5.41) is 9.38. The fraction of sp³-hybridized carbons (Fsp3) is 1.00. The highest BCUT2D eigenvalue weighted by Gasteiger charge is 2.33. The molecule has 72 valence electrons. The molecular weight excluding hydrogens is 154 g/mol. The highest BCUT2D eigenvalue weighted by atomic mass is 16.6. The zero-order valence-corrected chi connectivity index (χ0v) is 8.45. The van der Waals surface area contributed by atoms with E-state index in [0.717, 1.165) is 17.3 Å². The van der Waals surface area contributed by atoms with E-state index in [-0.39, 0.29) is 6.10 Å². The van der Waals surface area contributed by atoms with Gasteiger partial charge in [-0.15, -0.1) is 0 Å². The van der Waals surface area contributed by atoms with Crippen LogP contribution in [0.15, 0.2) is 0 Å². The third-order valence-corrected chi connectivity index (χ3v) is 2.56. The lowest BCUT2D eigenvalue weighted by molar-refractivity contribution is -0.899. The summed E-state index contributed by atoms with van der Waals surface area (Å²) >= 11 is 0. The summed E-state index contributed by atoms with van der Waals surface area (Å²) in [6.07, 6.45) is 1.43. The smallest absolute Gasteiger partial charge is 0.160 e. The Morgan fingerprint density at radius 1 is 1.25 bits per heavy atom. The van der Waals surface area contributed by atoms with E-state index < -0.39 is 6.29 Å². The molecule has 3 unspecified atom stereocenters. The molecule has 0 spiro atoms. The Labute approximate surface area is 74.5 Å². The Morgan fingerprint density at radius 3 is 2.25 bits per heavy atom. The Kier molecular flexibility index (Phi) is 2.76. The average molecular weight is 174 g/mol. The maximum atomic E-state index is 9.38. The van der Waals surface area contributed by atoms with E-state index in [1.807, 2.05) is 6.92 Å². The van der Waals surface area contributed by atoms with Crippen LogP contribution in [0.2, 0.25) is 0 Å². The Hall–Kier alpha value is -0.120. The summed E-state index contributed by atoms with van der Waals surface area (Å²) < 4.78 is 6.16. The molecule has 0 aromatic carbocycles. The minimum Gasteiger partial charge on any atom is -0.368 e. The van der Waals surface area contributed by atoms with Gasteiger partial charge in [-0.1, -0.05) is 0 Å². The van der Waals surface area contributed by atoms with Gasteiger partial charge in [0.2, 0.25) is 0 Å². The Bertz CT molecular complexity index is 143. The van der Waals surface area contributed by atoms with Crippen molar-refractivity contribution in [3.05, 3.63) is 0 Å². The van der Waals surface area contributed by atoms with Crippen molar-refractivity contribution in [3.8, 4) is 0 Å². The molecule has 0 aliphatic carbocycles. The normalized spacial score (nSPS) is 38.2. The Balaban J connectivity index is 2.55.